The van der Waals surface area contributed by atoms with Gasteiger partial charge in [0.2, 0.25) is 5.91 Å². The third kappa shape index (κ3) is 7.96. The Morgan fingerprint density at radius 1 is 1.24 bits per heavy atom. The molecule has 2 aromatic rings. The minimum Gasteiger partial charge on any atom is -0.481 e. The number of piperidine rings is 1. The number of imide groups is 1. The zero-order valence-electron chi connectivity index (χ0n) is 24.7. The smallest absolute Gasteiger partial charge is 0.324 e. The van der Waals surface area contributed by atoms with E-state index in [-0.39, 0.29) is 23.8 Å². The second-order valence-corrected chi connectivity index (χ2v) is 11.2. The van der Waals surface area contributed by atoms with Crippen LogP contribution in [-0.4, -0.2) is 113 Å². The normalized spacial score (nSPS) is 20.2. The fraction of sp³-hybridized carbons (Fsp3) is 0.533. The number of carboxylic acid groups (broad SMARTS) is 2. The lowest BCUT2D eigenvalue weighted by Crippen LogP contribution is -2.55. The summed E-state index contributed by atoms with van der Waals surface area (Å²) in [7, 11) is 4.01. The van der Waals surface area contributed by atoms with Crippen LogP contribution in [-0.2, 0) is 20.8 Å². The number of aromatic amines is 1. The lowest BCUT2D eigenvalue weighted by Gasteiger charge is -2.47. The van der Waals surface area contributed by atoms with E-state index >= 15 is 0 Å². The summed E-state index contributed by atoms with van der Waals surface area (Å²) >= 11 is 0. The third-order valence-corrected chi connectivity index (χ3v) is 7.83. The van der Waals surface area contributed by atoms with Crippen molar-refractivity contribution < 1.29 is 29.4 Å². The van der Waals surface area contributed by atoms with Crippen LogP contribution < -0.4 is 11.1 Å². The van der Waals surface area contributed by atoms with E-state index in [9.17, 15) is 19.2 Å². The molecule has 4 unspecified atom stereocenters. The Morgan fingerprint density at radius 2 is 1.98 bits per heavy atom. The maximum Gasteiger partial charge on any atom is 0.324 e. The molecule has 1 aliphatic carbocycles. The van der Waals surface area contributed by atoms with Crippen molar-refractivity contribution in [3.63, 3.8) is 0 Å². The summed E-state index contributed by atoms with van der Waals surface area (Å²) < 4.78 is 0. The predicted octanol–water partition coefficient (Wildman–Crippen LogP) is 2.07. The Morgan fingerprint density at radius 3 is 2.57 bits per heavy atom. The van der Waals surface area contributed by atoms with Gasteiger partial charge < -0.3 is 31.1 Å². The highest BCUT2D eigenvalue weighted by Crippen LogP contribution is 2.45. The number of nitrogens with two attached hydrogens (primary N) is 1. The number of nitrogens with zero attached hydrogens (tertiary/aromatic N) is 3. The van der Waals surface area contributed by atoms with E-state index in [2.05, 4.69) is 51.1 Å². The molecule has 0 saturated carbocycles. The number of nitrogens with one attached hydrogen (secondary N) is 2. The number of fused-ring (bicyclic) bond motifs is 2. The Bertz CT molecular complexity index is 1280. The summed E-state index contributed by atoms with van der Waals surface area (Å²) in [5.41, 5.74) is 8.68. The van der Waals surface area contributed by atoms with Gasteiger partial charge in [-0.15, -0.1) is 6.58 Å². The van der Waals surface area contributed by atoms with E-state index in [1.54, 1.807) is 0 Å². The highest BCUT2D eigenvalue weighted by Gasteiger charge is 2.43. The van der Waals surface area contributed by atoms with E-state index in [4.69, 9.17) is 15.9 Å². The lowest BCUT2D eigenvalue weighted by atomic mass is 9.72. The van der Waals surface area contributed by atoms with Crippen molar-refractivity contribution in [3.8, 4) is 0 Å². The Hall–Kier alpha value is -3.74. The van der Waals surface area contributed by atoms with E-state index in [1.807, 2.05) is 27.1 Å². The number of benzene rings is 1. The quantitative estimate of drug-likeness (QED) is 0.248. The number of amides is 3. The number of carboxylic acids is 2. The molecule has 0 bridgehead atoms. The molecule has 1 saturated heterocycles. The number of urea groups is 1. The zero-order valence-corrected chi connectivity index (χ0v) is 24.7. The van der Waals surface area contributed by atoms with Crippen molar-refractivity contribution >= 4 is 34.8 Å². The number of likely N-dealkylation sites (tertiary alicyclic amines) is 1. The zero-order chi connectivity index (χ0) is 31.0. The molecule has 4 rings (SSSR count). The molecule has 2 aliphatic rings. The number of rotatable bonds is 11. The van der Waals surface area contributed by atoms with Crippen LogP contribution in [0.3, 0.4) is 0 Å². The Balaban J connectivity index is 0.000000467. The van der Waals surface area contributed by atoms with Crippen LogP contribution in [0.1, 0.15) is 43.2 Å². The molecular formula is C30H44N6O6. The van der Waals surface area contributed by atoms with Crippen LogP contribution in [0.25, 0.3) is 10.9 Å². The number of H-pyrrole nitrogens is 1. The molecule has 0 radical (unpaired) electrons. The first kappa shape index (κ1) is 32.8. The molecule has 230 valence electrons. The van der Waals surface area contributed by atoms with E-state index in [1.165, 1.54) is 21.4 Å². The fourth-order valence-electron chi connectivity index (χ4n) is 5.95. The van der Waals surface area contributed by atoms with E-state index in [0.29, 0.717) is 25.7 Å². The van der Waals surface area contributed by atoms with E-state index in [0.717, 1.165) is 37.9 Å². The van der Waals surface area contributed by atoms with Gasteiger partial charge >= 0.3 is 18.0 Å². The van der Waals surface area contributed by atoms with Gasteiger partial charge in [-0.1, -0.05) is 18.2 Å². The topological polar surface area (TPSA) is 172 Å². The summed E-state index contributed by atoms with van der Waals surface area (Å²) in [4.78, 5) is 55.5. The van der Waals surface area contributed by atoms with Gasteiger partial charge in [-0.25, -0.2) is 4.79 Å². The van der Waals surface area contributed by atoms with Crippen LogP contribution in [0.2, 0.25) is 0 Å². The van der Waals surface area contributed by atoms with Gasteiger partial charge in [0.25, 0.3) is 0 Å². The molecule has 4 atom stereocenters. The minimum atomic E-state index is -1.29. The third-order valence-electron chi connectivity index (χ3n) is 7.83. The molecule has 1 fully saturated rings. The van der Waals surface area contributed by atoms with Crippen LogP contribution >= 0.6 is 0 Å². The monoisotopic (exact) mass is 584 g/mol. The number of carbonyl (C=O) groups is 4. The van der Waals surface area contributed by atoms with Gasteiger partial charge in [-0.05, 0) is 64.0 Å². The van der Waals surface area contributed by atoms with Gasteiger partial charge in [-0.2, -0.15) is 0 Å². The van der Waals surface area contributed by atoms with Gasteiger partial charge in [0.15, 0.2) is 0 Å². The number of carbonyl (C=O) groups excluding carboxylic acids is 2. The van der Waals surface area contributed by atoms with Crippen LogP contribution in [0.15, 0.2) is 37.1 Å². The van der Waals surface area contributed by atoms with Crippen molar-refractivity contribution in [1.82, 2.24) is 25.0 Å². The van der Waals surface area contributed by atoms with Crippen LogP contribution in [0, 0.1) is 5.92 Å². The lowest BCUT2D eigenvalue weighted by molar-refractivity contribution is -0.144. The van der Waals surface area contributed by atoms with E-state index < -0.39 is 24.4 Å². The first-order valence-electron chi connectivity index (χ1n) is 14.4. The highest BCUT2D eigenvalue weighted by molar-refractivity contribution is 5.96. The SMILES string of the molecule is C=CCN1CC(C(=O)N(CCCN(C)C)C(=O)NCC)CC2c3cccc4[nH]cc(c34)CC21.NC(CC(=O)O)C(=O)O. The average molecular weight is 585 g/mol. The first-order chi connectivity index (χ1) is 20.0. The Kier molecular flexibility index (Phi) is 11.7. The number of hydrogen-bond donors (Lipinski definition) is 5. The molecule has 2 heterocycles. The van der Waals surface area contributed by atoms with Crippen LogP contribution in [0.5, 0.6) is 0 Å². The maximum absolute atomic E-state index is 13.7. The van der Waals surface area contributed by atoms with Gasteiger partial charge in [0, 0.05) is 55.2 Å². The molecule has 1 aromatic carbocycles. The largest absolute Gasteiger partial charge is 0.481 e. The molecule has 12 nitrogen and oxygen atoms in total. The summed E-state index contributed by atoms with van der Waals surface area (Å²) in [5, 5.41) is 20.2. The fourth-order valence-corrected chi connectivity index (χ4v) is 5.95. The molecule has 42 heavy (non-hydrogen) atoms. The summed E-state index contributed by atoms with van der Waals surface area (Å²) in [6.45, 7) is 9.02. The maximum atomic E-state index is 13.7. The highest BCUT2D eigenvalue weighted by atomic mass is 16.4. The minimum absolute atomic E-state index is 0.0562. The van der Waals surface area contributed by atoms with Crippen LogP contribution in [0.4, 0.5) is 4.79 Å². The summed E-state index contributed by atoms with van der Waals surface area (Å²) in [6.07, 6.45) is 6.03. The van der Waals surface area contributed by atoms with Crippen molar-refractivity contribution in [1.29, 1.82) is 0 Å². The number of aromatic nitrogens is 1. The average Bonchev–Trinajstić information content (AvgIpc) is 3.35. The van der Waals surface area contributed by atoms with Crippen molar-refractivity contribution in [2.45, 2.75) is 50.6 Å². The molecule has 3 amide bonds. The summed E-state index contributed by atoms with van der Waals surface area (Å²) in [6, 6.07) is 5.21. The summed E-state index contributed by atoms with van der Waals surface area (Å²) in [5.74, 6) is -2.51. The van der Waals surface area contributed by atoms with Gasteiger partial charge in [-0.3, -0.25) is 24.2 Å². The number of aliphatic carboxylic acids is 2. The van der Waals surface area contributed by atoms with Crippen molar-refractivity contribution in [2.75, 3.05) is 46.8 Å². The Labute approximate surface area is 246 Å². The molecule has 1 aliphatic heterocycles. The molecule has 1 aromatic heterocycles. The standard InChI is InChI=1S/C26H37N5O2.C4H7NO4/c1-5-11-30-17-19(25(32)31(26(33)27-6-2)13-8-12-29(3)4)14-21-20-9-7-10-22-24(20)18(16-28-22)15-23(21)30;5-2(4(8)9)1-3(6)7/h5,7,9-10,16,19,21,23,28H,1,6,8,11-15,17H2,2-4H3,(H,27,33);2H,1,5H2,(H,6,7)(H,8,9). The van der Waals surface area contributed by atoms with Gasteiger partial charge in [0.1, 0.15) is 6.04 Å². The second-order valence-electron chi connectivity index (χ2n) is 11.2. The second kappa shape index (κ2) is 14.9. The van der Waals surface area contributed by atoms with Crippen molar-refractivity contribution in [3.05, 3.63) is 48.2 Å². The first-order valence-corrected chi connectivity index (χ1v) is 14.4. The molecule has 0 spiro atoms. The number of hydrogen-bond acceptors (Lipinski definition) is 7. The molecular weight excluding hydrogens is 540 g/mol. The predicted molar refractivity (Wildman–Crippen MR) is 160 cm³/mol. The van der Waals surface area contributed by atoms with Crippen molar-refractivity contribution in [2.24, 2.45) is 11.7 Å². The molecule has 12 heteroatoms. The molecule has 6 N–H and O–H groups in total. The van der Waals surface area contributed by atoms with Gasteiger partial charge in [0.05, 0.1) is 12.3 Å².